The molecular formula is C14H14N2O3S. The molecule has 20 heavy (non-hydrogen) atoms. The van der Waals surface area contributed by atoms with Crippen LogP contribution in [-0.2, 0) is 11.8 Å². The van der Waals surface area contributed by atoms with Gasteiger partial charge >= 0.3 is 0 Å². The summed E-state index contributed by atoms with van der Waals surface area (Å²) in [6, 6.07) is 7.32. The van der Waals surface area contributed by atoms with Crippen LogP contribution < -0.4 is 14.3 Å². The number of para-hydroxylation sites is 2. The second-order valence-electron chi connectivity index (χ2n) is 4.55. The Morgan fingerprint density at radius 2 is 2.00 bits per heavy atom. The zero-order valence-electron chi connectivity index (χ0n) is 11.1. The first-order valence-electron chi connectivity index (χ1n) is 6.26. The number of thiazole rings is 1. The van der Waals surface area contributed by atoms with E-state index in [0.717, 1.165) is 0 Å². The maximum Gasteiger partial charge on any atom is 0.293 e. The Labute approximate surface area is 120 Å². The molecule has 0 saturated heterocycles. The van der Waals surface area contributed by atoms with Gasteiger partial charge in [0.15, 0.2) is 16.3 Å². The number of nitrogens with zero attached hydrogens (tertiary/aromatic N) is 2. The van der Waals surface area contributed by atoms with E-state index in [4.69, 9.17) is 9.47 Å². The molecule has 2 unspecified atom stereocenters. The van der Waals surface area contributed by atoms with Gasteiger partial charge in [-0.1, -0.05) is 12.1 Å². The Hall–Kier alpha value is -2.08. The van der Waals surface area contributed by atoms with Gasteiger partial charge in [0.05, 0.1) is 0 Å². The summed E-state index contributed by atoms with van der Waals surface area (Å²) in [6.45, 7) is 1.81. The molecule has 3 rings (SSSR count). The fraction of sp³-hybridized carbons (Fsp3) is 0.286. The van der Waals surface area contributed by atoms with Crippen LogP contribution in [0.2, 0.25) is 0 Å². The summed E-state index contributed by atoms with van der Waals surface area (Å²) in [5.74, 6) is 0.908. The fourth-order valence-electron chi connectivity index (χ4n) is 1.98. The van der Waals surface area contributed by atoms with Crippen LogP contribution in [0.5, 0.6) is 11.5 Å². The van der Waals surface area contributed by atoms with Gasteiger partial charge in [-0.15, -0.1) is 11.3 Å². The molecule has 6 heteroatoms. The Morgan fingerprint density at radius 1 is 1.30 bits per heavy atom. The van der Waals surface area contributed by atoms with E-state index in [1.54, 1.807) is 10.6 Å². The monoisotopic (exact) mass is 290 g/mol. The minimum absolute atomic E-state index is 0.329. The van der Waals surface area contributed by atoms with Crippen molar-refractivity contribution in [3.05, 3.63) is 40.6 Å². The molecule has 0 radical (unpaired) electrons. The summed E-state index contributed by atoms with van der Waals surface area (Å²) in [6.07, 6.45) is 0.770. The molecule has 104 valence electrons. The summed E-state index contributed by atoms with van der Waals surface area (Å²) in [4.78, 5) is 17.0. The second-order valence-corrected chi connectivity index (χ2v) is 5.43. The minimum atomic E-state index is -0.716. The van der Waals surface area contributed by atoms with E-state index < -0.39 is 6.10 Å². The summed E-state index contributed by atoms with van der Waals surface area (Å²) in [5.41, 5.74) is 0. The van der Waals surface area contributed by atoms with Crippen molar-refractivity contribution in [3.8, 4) is 11.5 Å². The summed E-state index contributed by atoms with van der Waals surface area (Å²) < 4.78 is 13.2. The Morgan fingerprint density at radius 3 is 2.65 bits per heavy atom. The number of benzene rings is 1. The normalized spacial score (nSPS) is 21.8. The van der Waals surface area contributed by atoms with Crippen molar-refractivity contribution in [1.82, 2.24) is 4.57 Å². The number of ether oxygens (including phenoxy) is 2. The van der Waals surface area contributed by atoms with Gasteiger partial charge in [0.25, 0.3) is 5.91 Å². The Kier molecular flexibility index (Phi) is 3.31. The number of rotatable bonds is 1. The number of fused-ring (bicyclic) bond motifs is 1. The molecule has 2 aromatic rings. The van der Waals surface area contributed by atoms with Gasteiger partial charge in [-0.05, 0) is 19.1 Å². The number of carbonyl (C=O) groups excluding carboxylic acids is 1. The van der Waals surface area contributed by atoms with E-state index in [1.165, 1.54) is 11.3 Å². The summed E-state index contributed by atoms with van der Waals surface area (Å²) >= 11 is 1.41. The molecule has 0 bridgehead atoms. The van der Waals surface area contributed by atoms with E-state index in [-0.39, 0.29) is 12.0 Å². The van der Waals surface area contributed by atoms with Gasteiger partial charge in [-0.25, -0.2) is 0 Å². The third-order valence-electron chi connectivity index (χ3n) is 3.05. The summed E-state index contributed by atoms with van der Waals surface area (Å²) in [7, 11) is 1.85. The molecule has 0 saturated carbocycles. The van der Waals surface area contributed by atoms with E-state index in [0.29, 0.717) is 16.3 Å². The molecule has 0 spiro atoms. The van der Waals surface area contributed by atoms with Crippen LogP contribution in [0.3, 0.4) is 0 Å². The van der Waals surface area contributed by atoms with Crippen molar-refractivity contribution < 1.29 is 14.3 Å². The van der Waals surface area contributed by atoms with Gasteiger partial charge < -0.3 is 14.0 Å². The molecule has 1 aliphatic heterocycles. The molecule has 2 heterocycles. The van der Waals surface area contributed by atoms with Crippen molar-refractivity contribution in [2.75, 3.05) is 0 Å². The molecule has 0 fully saturated rings. The van der Waals surface area contributed by atoms with Crippen LogP contribution >= 0.6 is 11.3 Å². The molecule has 5 nitrogen and oxygen atoms in total. The molecule has 1 amide bonds. The van der Waals surface area contributed by atoms with Crippen LogP contribution in [0.25, 0.3) is 0 Å². The largest absolute Gasteiger partial charge is 0.482 e. The predicted octanol–water partition coefficient (Wildman–Crippen LogP) is 1.74. The van der Waals surface area contributed by atoms with Gasteiger partial charge in [0.2, 0.25) is 6.10 Å². The van der Waals surface area contributed by atoms with Gasteiger partial charge in [-0.2, -0.15) is 4.99 Å². The first-order valence-corrected chi connectivity index (χ1v) is 7.14. The second kappa shape index (κ2) is 5.13. The molecule has 1 aromatic carbocycles. The lowest BCUT2D eigenvalue weighted by Crippen LogP contribution is -2.43. The highest BCUT2D eigenvalue weighted by atomic mass is 32.1. The van der Waals surface area contributed by atoms with Gasteiger partial charge in [0, 0.05) is 18.6 Å². The number of amides is 1. The molecule has 0 aliphatic carbocycles. The molecular weight excluding hydrogens is 276 g/mol. The number of carbonyl (C=O) groups is 1. The van der Waals surface area contributed by atoms with Crippen molar-refractivity contribution in [1.29, 1.82) is 0 Å². The highest BCUT2D eigenvalue weighted by Crippen LogP contribution is 2.33. The standard InChI is InChI=1S/C14H14N2O3S/c1-9-12(13(17)15-14-16(2)7-8-20-14)19-11-6-4-3-5-10(11)18-9/h3-9,12H,1-2H3. The first-order chi connectivity index (χ1) is 9.65. The van der Waals surface area contributed by atoms with Crippen molar-refractivity contribution in [2.24, 2.45) is 12.0 Å². The topological polar surface area (TPSA) is 52.8 Å². The van der Waals surface area contributed by atoms with E-state index >= 15 is 0 Å². The number of hydrogen-bond donors (Lipinski definition) is 0. The lowest BCUT2D eigenvalue weighted by Gasteiger charge is -2.29. The molecule has 2 atom stereocenters. The van der Waals surface area contributed by atoms with Crippen LogP contribution in [0, 0.1) is 0 Å². The highest BCUT2D eigenvalue weighted by molar-refractivity contribution is 7.07. The third kappa shape index (κ3) is 2.34. The number of aryl methyl sites for hydroxylation is 1. The maximum atomic E-state index is 12.3. The van der Waals surface area contributed by atoms with Crippen LogP contribution in [0.1, 0.15) is 6.92 Å². The van der Waals surface area contributed by atoms with Crippen LogP contribution in [0.4, 0.5) is 0 Å². The van der Waals surface area contributed by atoms with E-state index in [9.17, 15) is 4.79 Å². The van der Waals surface area contributed by atoms with Crippen molar-refractivity contribution >= 4 is 17.2 Å². The van der Waals surface area contributed by atoms with Crippen molar-refractivity contribution in [3.63, 3.8) is 0 Å². The Balaban J connectivity index is 1.89. The van der Waals surface area contributed by atoms with Gasteiger partial charge in [-0.3, -0.25) is 4.79 Å². The van der Waals surface area contributed by atoms with E-state index in [1.807, 2.05) is 43.7 Å². The van der Waals surface area contributed by atoms with Crippen LogP contribution in [-0.4, -0.2) is 22.7 Å². The average Bonchev–Trinajstić information content (AvgIpc) is 2.83. The highest BCUT2D eigenvalue weighted by Gasteiger charge is 2.33. The summed E-state index contributed by atoms with van der Waals surface area (Å²) in [5, 5.41) is 1.88. The minimum Gasteiger partial charge on any atom is -0.482 e. The SMILES string of the molecule is CC1Oc2ccccc2OC1C(=O)N=c1sccn1C. The number of hydrogen-bond acceptors (Lipinski definition) is 4. The Bertz CT molecular complexity index is 704. The smallest absolute Gasteiger partial charge is 0.293 e. The van der Waals surface area contributed by atoms with Gasteiger partial charge in [0.1, 0.15) is 6.10 Å². The van der Waals surface area contributed by atoms with E-state index in [2.05, 4.69) is 4.99 Å². The van der Waals surface area contributed by atoms with Crippen molar-refractivity contribution in [2.45, 2.75) is 19.1 Å². The first kappa shape index (κ1) is 12.9. The molecule has 1 aromatic heterocycles. The lowest BCUT2D eigenvalue weighted by molar-refractivity contribution is -0.130. The van der Waals surface area contributed by atoms with Crippen LogP contribution in [0.15, 0.2) is 40.8 Å². The molecule has 0 N–H and O–H groups in total. The number of aromatic nitrogens is 1. The zero-order valence-corrected chi connectivity index (χ0v) is 12.0. The predicted molar refractivity (Wildman–Crippen MR) is 74.8 cm³/mol. The maximum absolute atomic E-state index is 12.3. The average molecular weight is 290 g/mol. The quantitative estimate of drug-likeness (QED) is 0.804. The fourth-order valence-corrected chi connectivity index (χ4v) is 2.72. The lowest BCUT2D eigenvalue weighted by atomic mass is 10.1. The molecule has 1 aliphatic rings. The third-order valence-corrected chi connectivity index (χ3v) is 3.90. The zero-order chi connectivity index (χ0) is 14.1.